The Bertz CT molecular complexity index is 852. The lowest BCUT2D eigenvalue weighted by atomic mass is 9.88. The quantitative estimate of drug-likeness (QED) is 0.665. The minimum Gasteiger partial charge on any atom is -0.475 e. The summed E-state index contributed by atoms with van der Waals surface area (Å²) in [5.74, 6) is -0.498. The topological polar surface area (TPSA) is 75.8 Å². The molecule has 6 nitrogen and oxygen atoms in total. The predicted molar refractivity (Wildman–Crippen MR) is 111 cm³/mol. The highest BCUT2D eigenvalue weighted by atomic mass is 19.4. The molecule has 0 spiro atoms. The molecule has 1 N–H and O–H groups in total. The number of aliphatic carboxylic acids is 1. The van der Waals surface area contributed by atoms with E-state index in [0.29, 0.717) is 12.0 Å². The van der Waals surface area contributed by atoms with Crippen molar-refractivity contribution in [2.24, 2.45) is 11.8 Å². The molecule has 32 heavy (non-hydrogen) atoms. The van der Waals surface area contributed by atoms with Crippen LogP contribution in [0.5, 0.6) is 0 Å². The average Bonchev–Trinajstić information content (AvgIpc) is 3.48. The normalized spacial score (nSPS) is 21.6. The van der Waals surface area contributed by atoms with Crippen LogP contribution in [0.2, 0.25) is 0 Å². The molecule has 1 saturated heterocycles. The number of carboxylic acid groups (broad SMARTS) is 1. The summed E-state index contributed by atoms with van der Waals surface area (Å²) in [7, 11) is 0. The van der Waals surface area contributed by atoms with Gasteiger partial charge in [-0.05, 0) is 44.1 Å². The van der Waals surface area contributed by atoms with Crippen LogP contribution in [0.4, 0.5) is 13.2 Å². The Labute approximate surface area is 185 Å². The van der Waals surface area contributed by atoms with Crippen molar-refractivity contribution in [1.82, 2.24) is 10.1 Å². The molecule has 2 atom stereocenters. The van der Waals surface area contributed by atoms with E-state index in [1.165, 1.54) is 18.4 Å². The molecule has 4 rings (SSSR count). The number of aryl methyl sites for hydroxylation is 1. The molecule has 0 unspecified atom stereocenters. The molecule has 2 aromatic rings. The zero-order valence-corrected chi connectivity index (χ0v) is 18.1. The minimum atomic E-state index is -5.08. The molecule has 2 heterocycles. The lowest BCUT2D eigenvalue weighted by Gasteiger charge is -2.38. The summed E-state index contributed by atoms with van der Waals surface area (Å²) in [5, 5.41) is 11.3. The maximum absolute atomic E-state index is 10.6. The maximum Gasteiger partial charge on any atom is 0.490 e. The highest BCUT2D eigenvalue weighted by Gasteiger charge is 2.38. The Hall–Kier alpha value is -2.39. The number of carboxylic acids is 1. The van der Waals surface area contributed by atoms with Crippen molar-refractivity contribution in [2.75, 3.05) is 19.7 Å². The van der Waals surface area contributed by atoms with Gasteiger partial charge < -0.3 is 14.4 Å². The van der Waals surface area contributed by atoms with E-state index in [2.05, 4.69) is 40.4 Å². The standard InChI is InChI=1S/C21H28N2O2.C2HF3O2/c1-16-11-20(22-25-16)14-23-10-9-21(24-15-18-7-8-18)19(13-23)12-17-5-3-2-4-6-17;3-2(4,5)1(6)7/h2-6,11,18-19,21H,7-10,12-15H2,1H3;(H,6,7)/t19-,21+;/m0./s1. The van der Waals surface area contributed by atoms with Crippen LogP contribution in [0.15, 0.2) is 40.9 Å². The van der Waals surface area contributed by atoms with Crippen molar-refractivity contribution in [2.45, 2.75) is 51.4 Å². The number of aromatic nitrogens is 1. The van der Waals surface area contributed by atoms with Gasteiger partial charge in [0.15, 0.2) is 0 Å². The third-order valence-electron chi connectivity index (χ3n) is 5.64. The third-order valence-corrected chi connectivity index (χ3v) is 5.64. The van der Waals surface area contributed by atoms with Gasteiger partial charge in [-0.15, -0.1) is 0 Å². The first kappa shape index (κ1) is 24.3. The number of ether oxygens (including phenoxy) is 1. The van der Waals surface area contributed by atoms with Crippen LogP contribution in [0.3, 0.4) is 0 Å². The van der Waals surface area contributed by atoms with Gasteiger partial charge in [-0.1, -0.05) is 35.5 Å². The Balaban J connectivity index is 0.000000360. The number of hydrogen-bond acceptors (Lipinski definition) is 5. The zero-order chi connectivity index (χ0) is 23.1. The number of hydrogen-bond donors (Lipinski definition) is 1. The van der Waals surface area contributed by atoms with Gasteiger partial charge >= 0.3 is 12.1 Å². The van der Waals surface area contributed by atoms with Crippen LogP contribution >= 0.6 is 0 Å². The Morgan fingerprint density at radius 3 is 2.50 bits per heavy atom. The van der Waals surface area contributed by atoms with Crippen LogP contribution < -0.4 is 0 Å². The number of nitrogens with zero attached hydrogens (tertiary/aromatic N) is 2. The molecular weight excluding hydrogens is 425 g/mol. The molecule has 2 fully saturated rings. The molecular formula is C23H29F3N2O4. The van der Waals surface area contributed by atoms with Gasteiger partial charge in [-0.3, -0.25) is 4.90 Å². The Kier molecular flexibility index (Phi) is 8.31. The molecule has 1 saturated carbocycles. The summed E-state index contributed by atoms with van der Waals surface area (Å²) in [6.45, 7) is 5.92. The first-order valence-corrected chi connectivity index (χ1v) is 10.8. The smallest absolute Gasteiger partial charge is 0.475 e. The van der Waals surface area contributed by atoms with Gasteiger partial charge in [0.25, 0.3) is 0 Å². The number of piperidine rings is 1. The van der Waals surface area contributed by atoms with E-state index in [0.717, 1.165) is 56.5 Å². The van der Waals surface area contributed by atoms with E-state index in [-0.39, 0.29) is 0 Å². The summed E-state index contributed by atoms with van der Waals surface area (Å²) < 4.78 is 43.3. The second-order valence-corrected chi connectivity index (χ2v) is 8.52. The van der Waals surface area contributed by atoms with Gasteiger partial charge in [-0.25, -0.2) is 4.79 Å². The maximum atomic E-state index is 10.6. The number of halogens is 3. The minimum absolute atomic E-state index is 0.385. The van der Waals surface area contributed by atoms with Gasteiger partial charge in [0, 0.05) is 38.2 Å². The largest absolute Gasteiger partial charge is 0.490 e. The second-order valence-electron chi connectivity index (χ2n) is 8.52. The van der Waals surface area contributed by atoms with Crippen LogP contribution in [0.1, 0.15) is 36.3 Å². The van der Waals surface area contributed by atoms with Gasteiger partial charge in [0.2, 0.25) is 0 Å². The van der Waals surface area contributed by atoms with Crippen LogP contribution in [0.25, 0.3) is 0 Å². The lowest BCUT2D eigenvalue weighted by molar-refractivity contribution is -0.192. The molecule has 1 aromatic carbocycles. The molecule has 1 aliphatic carbocycles. The highest BCUT2D eigenvalue weighted by Crippen LogP contribution is 2.32. The lowest BCUT2D eigenvalue weighted by Crippen LogP contribution is -2.45. The molecule has 1 aliphatic heterocycles. The molecule has 0 radical (unpaired) electrons. The number of alkyl halides is 3. The molecule has 9 heteroatoms. The fourth-order valence-corrected chi connectivity index (χ4v) is 3.83. The van der Waals surface area contributed by atoms with Crippen molar-refractivity contribution < 1.29 is 32.3 Å². The summed E-state index contributed by atoms with van der Waals surface area (Å²) in [4.78, 5) is 11.4. The van der Waals surface area contributed by atoms with Crippen molar-refractivity contribution in [3.63, 3.8) is 0 Å². The number of carbonyl (C=O) groups is 1. The molecule has 0 amide bonds. The summed E-state index contributed by atoms with van der Waals surface area (Å²) in [6, 6.07) is 12.9. The summed E-state index contributed by atoms with van der Waals surface area (Å²) in [6.07, 6.45) is 0.212. The van der Waals surface area contributed by atoms with Crippen molar-refractivity contribution in [3.05, 3.63) is 53.4 Å². The van der Waals surface area contributed by atoms with Crippen molar-refractivity contribution in [3.8, 4) is 0 Å². The fourth-order valence-electron chi connectivity index (χ4n) is 3.83. The third kappa shape index (κ3) is 7.94. The van der Waals surface area contributed by atoms with E-state index in [4.69, 9.17) is 19.2 Å². The van der Waals surface area contributed by atoms with Crippen LogP contribution in [-0.2, 0) is 22.5 Å². The average molecular weight is 454 g/mol. The Morgan fingerprint density at radius 1 is 1.25 bits per heavy atom. The molecule has 176 valence electrons. The SMILES string of the molecule is Cc1cc(CN2CC[C@@H](OCC3CC3)[C@@H](Cc3ccccc3)C2)no1.O=C(O)C(F)(F)F. The van der Waals surface area contributed by atoms with E-state index < -0.39 is 12.1 Å². The van der Waals surface area contributed by atoms with Crippen molar-refractivity contribution in [1.29, 1.82) is 0 Å². The Morgan fingerprint density at radius 2 is 1.94 bits per heavy atom. The van der Waals surface area contributed by atoms with E-state index in [1.54, 1.807) is 0 Å². The van der Waals surface area contributed by atoms with Gasteiger partial charge in [-0.2, -0.15) is 13.2 Å². The van der Waals surface area contributed by atoms with E-state index in [9.17, 15) is 13.2 Å². The first-order chi connectivity index (χ1) is 15.2. The summed E-state index contributed by atoms with van der Waals surface area (Å²) in [5.41, 5.74) is 2.44. The summed E-state index contributed by atoms with van der Waals surface area (Å²) >= 11 is 0. The van der Waals surface area contributed by atoms with Gasteiger partial charge in [0.1, 0.15) is 5.76 Å². The van der Waals surface area contributed by atoms with Gasteiger partial charge in [0.05, 0.1) is 11.8 Å². The van der Waals surface area contributed by atoms with Crippen LogP contribution in [-0.4, -0.2) is 53.1 Å². The van der Waals surface area contributed by atoms with E-state index >= 15 is 0 Å². The fraction of sp³-hybridized carbons (Fsp3) is 0.565. The predicted octanol–water partition coefficient (Wildman–Crippen LogP) is 4.48. The monoisotopic (exact) mass is 454 g/mol. The first-order valence-electron chi connectivity index (χ1n) is 10.8. The molecule has 0 bridgehead atoms. The number of likely N-dealkylation sites (tertiary alicyclic amines) is 1. The van der Waals surface area contributed by atoms with Crippen molar-refractivity contribution >= 4 is 5.97 Å². The number of rotatable bonds is 7. The highest BCUT2D eigenvalue weighted by molar-refractivity contribution is 5.73. The van der Waals surface area contributed by atoms with Crippen LogP contribution in [0, 0.1) is 18.8 Å². The molecule has 1 aromatic heterocycles. The number of benzene rings is 1. The molecule has 2 aliphatic rings. The van der Waals surface area contributed by atoms with E-state index in [1.807, 2.05) is 13.0 Å². The second kappa shape index (κ2) is 11.0. The zero-order valence-electron chi connectivity index (χ0n) is 18.1.